The summed E-state index contributed by atoms with van der Waals surface area (Å²) in [6.07, 6.45) is 9.44. The molecule has 42 heavy (non-hydrogen) atoms. The summed E-state index contributed by atoms with van der Waals surface area (Å²) in [5.74, 6) is 0. The Labute approximate surface area is 259 Å². The van der Waals surface area contributed by atoms with Gasteiger partial charge >= 0.3 is 261 Å². The maximum atomic E-state index is 13.2. The summed E-state index contributed by atoms with van der Waals surface area (Å²) in [5, 5.41) is 0. The first-order valence-electron chi connectivity index (χ1n) is 15.4. The van der Waals surface area contributed by atoms with Crippen molar-refractivity contribution >= 4 is 57.8 Å². The average molecular weight is 876 g/mol. The molecule has 0 bridgehead atoms. The van der Waals surface area contributed by atoms with Crippen LogP contribution in [0.5, 0.6) is 0 Å². The van der Waals surface area contributed by atoms with Crippen LogP contribution in [0, 0.1) is 0 Å². The zero-order valence-corrected chi connectivity index (χ0v) is 33.0. The molecule has 0 aliphatic heterocycles. The number of hydrogen-bond acceptors (Lipinski definition) is 6. The van der Waals surface area contributed by atoms with Crippen molar-refractivity contribution in [3.8, 4) is 0 Å². The molecule has 0 heterocycles. The molecule has 0 spiro atoms. The number of unbranched alkanes of at least 4 members (excludes halogenated alkanes) is 9. The van der Waals surface area contributed by atoms with Crippen LogP contribution < -0.4 is 0 Å². The Morgan fingerprint density at radius 1 is 0.429 bits per heavy atom. The molecule has 0 aromatic rings. The second-order valence-electron chi connectivity index (χ2n) is 11.4. The first kappa shape index (κ1) is 43.0. The van der Waals surface area contributed by atoms with Crippen molar-refractivity contribution in [2.75, 3.05) is 0 Å². The molecule has 0 radical (unpaired) electrons. The minimum atomic E-state index is -5.65. The summed E-state index contributed by atoms with van der Waals surface area (Å²) < 4.78 is 140. The van der Waals surface area contributed by atoms with Crippen LogP contribution in [-0.2, 0) is 25.3 Å². The Hall–Kier alpha value is 0.997. The van der Waals surface area contributed by atoms with E-state index in [4.69, 9.17) is 5.04 Å². The fraction of sp³-hybridized carbons (Fsp3) is 1.00. The zero-order valence-electron chi connectivity index (χ0n) is 25.7. The van der Waals surface area contributed by atoms with E-state index >= 15 is 0 Å². The van der Waals surface area contributed by atoms with E-state index in [9.17, 15) is 43.2 Å². The first-order valence-corrected chi connectivity index (χ1v) is 32.7. The van der Waals surface area contributed by atoms with Gasteiger partial charge in [-0.25, -0.2) is 0 Å². The fourth-order valence-corrected chi connectivity index (χ4v) is 41.4. The van der Waals surface area contributed by atoms with Crippen molar-refractivity contribution in [3.63, 3.8) is 0 Å². The van der Waals surface area contributed by atoms with Gasteiger partial charge in [-0.1, -0.05) is 0 Å². The van der Waals surface area contributed by atoms with E-state index in [1.54, 1.807) is 0 Å². The Kier molecular flexibility index (Phi) is 20.8. The molecule has 16 heteroatoms. The van der Waals surface area contributed by atoms with Gasteiger partial charge in [0.25, 0.3) is 0 Å². The number of rotatable bonds is 25. The fourth-order valence-electron chi connectivity index (χ4n) is 5.16. The van der Waals surface area contributed by atoms with Crippen LogP contribution in [0.2, 0.25) is 26.6 Å². The van der Waals surface area contributed by atoms with Crippen molar-refractivity contribution in [1.82, 2.24) is 0 Å². The molecule has 0 atom stereocenters. The van der Waals surface area contributed by atoms with Crippen molar-refractivity contribution < 1.29 is 48.2 Å². The molecule has 0 N–H and O–H groups in total. The average Bonchev–Trinajstić information content (AvgIpc) is 2.88. The minimum absolute atomic E-state index is 0.390. The molecule has 0 rings (SSSR count). The van der Waals surface area contributed by atoms with E-state index in [0.29, 0.717) is 78.0 Å². The van der Waals surface area contributed by atoms with Gasteiger partial charge in [0.15, 0.2) is 0 Å². The third-order valence-electron chi connectivity index (χ3n) is 7.60. The summed E-state index contributed by atoms with van der Waals surface area (Å²) in [5.41, 5.74) is -10.9. The summed E-state index contributed by atoms with van der Waals surface area (Å²) >= 11 is -8.27. The third-order valence-corrected chi connectivity index (χ3v) is 41.3. The Morgan fingerprint density at radius 3 is 0.857 bits per heavy atom. The van der Waals surface area contributed by atoms with E-state index in [1.165, 1.54) is 0 Å². The van der Waals surface area contributed by atoms with Gasteiger partial charge in [-0.2, -0.15) is 0 Å². The van der Waals surface area contributed by atoms with Gasteiger partial charge < -0.3 is 0 Å². The summed E-state index contributed by atoms with van der Waals surface area (Å²) in [7, 11) is -11.3. The van der Waals surface area contributed by atoms with Gasteiger partial charge in [0.1, 0.15) is 0 Å². The molecule has 0 fully saturated rings. The predicted octanol–water partition coefficient (Wildman–Crippen LogP) is 10.2. The molecule has 0 unspecified atom stereocenters. The van der Waals surface area contributed by atoms with Crippen LogP contribution in [0.25, 0.3) is 0 Å². The van der Waals surface area contributed by atoms with E-state index in [2.05, 4.69) is 0 Å². The van der Waals surface area contributed by atoms with E-state index in [-0.39, 0.29) is 0 Å². The SMILES string of the molecule is CCC[CH2][Sn]([CH2]CCC)([CH2]CCCCCC[CH2][Sn]([CH2]CCC)([CH2]CCC)[O]S(=O)(=O)C(F)(F)F)[O]S(=O)(=O)C(F)(F)F. The van der Waals surface area contributed by atoms with Crippen LogP contribution in [0.1, 0.15) is 118 Å². The molecule has 0 saturated heterocycles. The monoisotopic (exact) mass is 878 g/mol. The second-order valence-corrected chi connectivity index (χ2v) is 39.4. The third kappa shape index (κ3) is 16.0. The maximum absolute atomic E-state index is 13.2. The van der Waals surface area contributed by atoms with Crippen molar-refractivity contribution in [2.45, 2.75) is 155 Å². The van der Waals surface area contributed by atoms with Gasteiger partial charge in [0.05, 0.1) is 0 Å². The van der Waals surface area contributed by atoms with Gasteiger partial charge in [0.2, 0.25) is 0 Å². The van der Waals surface area contributed by atoms with Gasteiger partial charge in [-0.05, 0) is 0 Å². The molecule has 0 aliphatic carbocycles. The standard InChI is InChI=1S/C8H16.4C4H9.2CHF3O3S.2Sn/c1-3-5-7-8-6-4-2;4*1-3-4-2;2*2-1(3,4)8(5,6)7;;/h1-8H2;4*1,3-4H2,2H3;2*(H,5,6,7);;/q;;;;;;;2*+1/p-2. The number of hydrogen-bond donors (Lipinski definition) is 0. The second kappa shape index (κ2) is 20.3. The van der Waals surface area contributed by atoms with E-state index in [0.717, 1.165) is 38.5 Å². The van der Waals surface area contributed by atoms with Gasteiger partial charge in [-0.15, -0.1) is 0 Å². The van der Waals surface area contributed by atoms with Gasteiger partial charge in [0, 0.05) is 0 Å². The summed E-state index contributed by atoms with van der Waals surface area (Å²) in [6.45, 7) is 7.62. The Bertz CT molecular complexity index is 852. The molecule has 0 saturated carbocycles. The van der Waals surface area contributed by atoms with Crippen LogP contribution in [-0.4, -0.2) is 65.4 Å². The number of halogens is 6. The molecule has 254 valence electrons. The van der Waals surface area contributed by atoms with Gasteiger partial charge in [-0.3, -0.25) is 0 Å². The van der Waals surface area contributed by atoms with E-state index in [1.807, 2.05) is 27.7 Å². The Balaban J connectivity index is 5.24. The molecule has 6 nitrogen and oxygen atoms in total. The van der Waals surface area contributed by atoms with Crippen molar-refractivity contribution in [3.05, 3.63) is 0 Å². The quantitative estimate of drug-likeness (QED) is 0.0393. The van der Waals surface area contributed by atoms with Crippen molar-refractivity contribution in [1.29, 1.82) is 0 Å². The number of alkyl halides is 6. The predicted molar refractivity (Wildman–Crippen MR) is 160 cm³/mol. The molecule has 0 aromatic heterocycles. The molecule has 0 aliphatic rings. The summed E-state index contributed by atoms with van der Waals surface area (Å²) in [6, 6.07) is 0. The zero-order chi connectivity index (χ0) is 32.6. The Morgan fingerprint density at radius 2 is 0.643 bits per heavy atom. The van der Waals surface area contributed by atoms with Crippen molar-refractivity contribution in [2.24, 2.45) is 0 Å². The molecular formula is C26H52F6O6S2Sn2. The topological polar surface area (TPSA) is 86.7 Å². The van der Waals surface area contributed by atoms with Crippen LogP contribution in [0.15, 0.2) is 0 Å². The summed E-state index contributed by atoms with van der Waals surface area (Å²) in [4.78, 5) is 0. The van der Waals surface area contributed by atoms with Crippen LogP contribution >= 0.6 is 0 Å². The van der Waals surface area contributed by atoms with E-state index < -0.39 is 68.8 Å². The van der Waals surface area contributed by atoms with Crippen LogP contribution in [0.3, 0.4) is 0 Å². The first-order chi connectivity index (χ1) is 19.4. The van der Waals surface area contributed by atoms with Crippen LogP contribution in [0.4, 0.5) is 26.3 Å². The molecule has 0 aromatic carbocycles. The molecule has 0 amide bonds. The normalized spacial score (nSPS) is 14.0. The molecular weight excluding hydrogens is 824 g/mol.